The lowest BCUT2D eigenvalue weighted by atomic mass is 10.1. The molecular weight excluding hydrogens is 262 g/mol. The summed E-state index contributed by atoms with van der Waals surface area (Å²) in [4.78, 5) is 16.6. The first-order valence-corrected chi connectivity index (χ1v) is 7.76. The lowest BCUT2D eigenvalue weighted by Crippen LogP contribution is -2.36. The Bertz CT molecular complexity index is 559. The van der Waals surface area contributed by atoms with E-state index in [0.29, 0.717) is 17.4 Å². The predicted octanol–water partition coefficient (Wildman–Crippen LogP) is 2.00. The van der Waals surface area contributed by atoms with Gasteiger partial charge in [-0.05, 0) is 37.0 Å². The summed E-state index contributed by atoms with van der Waals surface area (Å²) in [6.07, 6.45) is 3.20. The van der Waals surface area contributed by atoms with Crippen LogP contribution in [-0.4, -0.2) is 41.9 Å². The Morgan fingerprint density at radius 3 is 2.86 bits per heavy atom. The average molecular weight is 283 g/mol. The minimum absolute atomic E-state index is 0.323. The molecule has 4 nitrogen and oxygen atoms in total. The van der Waals surface area contributed by atoms with Crippen molar-refractivity contribution >= 4 is 5.91 Å². The van der Waals surface area contributed by atoms with Crippen LogP contribution in [0, 0.1) is 17.2 Å². The van der Waals surface area contributed by atoms with E-state index >= 15 is 0 Å². The molecule has 3 rings (SSSR count). The van der Waals surface area contributed by atoms with Gasteiger partial charge in [0.25, 0.3) is 0 Å². The highest BCUT2D eigenvalue weighted by atomic mass is 16.2. The van der Waals surface area contributed by atoms with Crippen molar-refractivity contribution in [3.8, 4) is 6.07 Å². The van der Waals surface area contributed by atoms with Crippen molar-refractivity contribution in [2.24, 2.45) is 5.92 Å². The monoisotopic (exact) mass is 283 g/mol. The fraction of sp³-hybridized carbons (Fsp3) is 0.529. The zero-order valence-electron chi connectivity index (χ0n) is 12.3. The summed E-state index contributed by atoms with van der Waals surface area (Å²) in [6.45, 7) is 4.54. The molecule has 2 fully saturated rings. The number of amides is 1. The SMILES string of the molecule is N#Cc1cccc(CN2CCCN(C(=O)C3CC3)CC2)c1. The van der Waals surface area contributed by atoms with E-state index in [9.17, 15) is 4.79 Å². The fourth-order valence-electron chi connectivity index (χ4n) is 2.94. The van der Waals surface area contributed by atoms with Crippen LogP contribution in [0.25, 0.3) is 0 Å². The van der Waals surface area contributed by atoms with Gasteiger partial charge in [0.05, 0.1) is 11.6 Å². The Kier molecular flexibility index (Phi) is 4.21. The summed E-state index contributed by atoms with van der Waals surface area (Å²) in [6, 6.07) is 9.99. The van der Waals surface area contributed by atoms with Crippen LogP contribution in [0.1, 0.15) is 30.4 Å². The minimum Gasteiger partial charge on any atom is -0.341 e. The third-order valence-electron chi connectivity index (χ3n) is 4.29. The van der Waals surface area contributed by atoms with Gasteiger partial charge >= 0.3 is 0 Å². The van der Waals surface area contributed by atoms with Gasteiger partial charge in [-0.3, -0.25) is 9.69 Å². The van der Waals surface area contributed by atoms with Crippen LogP contribution in [0.3, 0.4) is 0 Å². The van der Waals surface area contributed by atoms with E-state index in [1.807, 2.05) is 23.1 Å². The van der Waals surface area contributed by atoms with Crippen molar-refractivity contribution in [2.75, 3.05) is 26.2 Å². The minimum atomic E-state index is 0.323. The first-order valence-electron chi connectivity index (χ1n) is 7.76. The molecule has 2 aliphatic rings. The standard InChI is InChI=1S/C17H21N3O/c18-12-14-3-1-4-15(11-14)13-19-7-2-8-20(10-9-19)17(21)16-5-6-16/h1,3-4,11,16H,2,5-10,13H2. The van der Waals surface area contributed by atoms with Crippen LogP contribution < -0.4 is 0 Å². The lowest BCUT2D eigenvalue weighted by molar-refractivity contribution is -0.132. The normalized spacial score (nSPS) is 19.9. The van der Waals surface area contributed by atoms with Crippen molar-refractivity contribution < 1.29 is 4.79 Å². The quantitative estimate of drug-likeness (QED) is 0.852. The summed E-state index contributed by atoms with van der Waals surface area (Å²) in [5, 5.41) is 8.96. The molecule has 1 aliphatic carbocycles. The van der Waals surface area contributed by atoms with Crippen molar-refractivity contribution in [1.82, 2.24) is 9.80 Å². The average Bonchev–Trinajstić information content (AvgIpc) is 3.34. The van der Waals surface area contributed by atoms with Gasteiger partial charge in [0.2, 0.25) is 5.91 Å². The molecule has 0 spiro atoms. The molecule has 1 amide bonds. The Morgan fingerprint density at radius 2 is 2.10 bits per heavy atom. The molecule has 0 radical (unpaired) electrons. The van der Waals surface area contributed by atoms with Gasteiger partial charge < -0.3 is 4.90 Å². The van der Waals surface area contributed by atoms with E-state index in [4.69, 9.17) is 5.26 Å². The lowest BCUT2D eigenvalue weighted by Gasteiger charge is -2.22. The number of carbonyl (C=O) groups is 1. The van der Waals surface area contributed by atoms with Gasteiger partial charge in [-0.2, -0.15) is 5.26 Å². The van der Waals surface area contributed by atoms with Crippen LogP contribution in [0.5, 0.6) is 0 Å². The van der Waals surface area contributed by atoms with Gasteiger partial charge in [0.15, 0.2) is 0 Å². The number of hydrogen-bond acceptors (Lipinski definition) is 3. The van der Waals surface area contributed by atoms with E-state index < -0.39 is 0 Å². The molecule has 1 saturated carbocycles. The molecular formula is C17H21N3O. The number of benzene rings is 1. The van der Waals surface area contributed by atoms with Crippen LogP contribution in [-0.2, 0) is 11.3 Å². The number of hydrogen-bond donors (Lipinski definition) is 0. The summed E-state index contributed by atoms with van der Waals surface area (Å²) >= 11 is 0. The first kappa shape index (κ1) is 14.1. The molecule has 1 aromatic rings. The molecule has 21 heavy (non-hydrogen) atoms. The molecule has 0 unspecified atom stereocenters. The second-order valence-electron chi connectivity index (χ2n) is 6.04. The van der Waals surface area contributed by atoms with E-state index in [1.165, 1.54) is 5.56 Å². The molecule has 0 aromatic heterocycles. The van der Waals surface area contributed by atoms with Crippen LogP contribution in [0.15, 0.2) is 24.3 Å². The fourth-order valence-corrected chi connectivity index (χ4v) is 2.94. The topological polar surface area (TPSA) is 47.3 Å². The number of nitriles is 1. The molecule has 110 valence electrons. The van der Waals surface area contributed by atoms with Gasteiger partial charge in [0.1, 0.15) is 0 Å². The summed E-state index contributed by atoms with van der Waals surface area (Å²) < 4.78 is 0. The molecule has 1 aliphatic heterocycles. The molecule has 1 saturated heterocycles. The molecule has 0 bridgehead atoms. The zero-order chi connectivity index (χ0) is 14.7. The summed E-state index contributed by atoms with van der Waals surface area (Å²) in [5.74, 6) is 0.687. The number of rotatable bonds is 3. The van der Waals surface area contributed by atoms with Crippen molar-refractivity contribution in [1.29, 1.82) is 5.26 Å². The predicted molar refractivity (Wildman–Crippen MR) is 80.4 cm³/mol. The Balaban J connectivity index is 1.57. The summed E-state index contributed by atoms with van der Waals surface area (Å²) in [7, 11) is 0. The van der Waals surface area contributed by atoms with Gasteiger partial charge in [-0.15, -0.1) is 0 Å². The van der Waals surface area contributed by atoms with Crippen molar-refractivity contribution in [2.45, 2.75) is 25.8 Å². The van der Waals surface area contributed by atoms with Crippen LogP contribution in [0.4, 0.5) is 0 Å². The van der Waals surface area contributed by atoms with Crippen LogP contribution in [0.2, 0.25) is 0 Å². The Labute approximate surface area is 126 Å². The molecule has 1 aromatic carbocycles. The Hall–Kier alpha value is -1.86. The highest BCUT2D eigenvalue weighted by Crippen LogP contribution is 2.31. The van der Waals surface area contributed by atoms with Crippen molar-refractivity contribution in [3.63, 3.8) is 0 Å². The molecule has 0 atom stereocenters. The molecule has 0 N–H and O–H groups in total. The van der Waals surface area contributed by atoms with Gasteiger partial charge in [0, 0.05) is 38.6 Å². The maximum absolute atomic E-state index is 12.1. The number of carbonyl (C=O) groups excluding carboxylic acids is 1. The molecule has 4 heteroatoms. The Morgan fingerprint density at radius 1 is 1.24 bits per heavy atom. The van der Waals surface area contributed by atoms with E-state index in [0.717, 1.165) is 52.0 Å². The maximum Gasteiger partial charge on any atom is 0.225 e. The molecule has 1 heterocycles. The van der Waals surface area contributed by atoms with E-state index in [-0.39, 0.29) is 0 Å². The maximum atomic E-state index is 12.1. The number of nitrogens with zero attached hydrogens (tertiary/aromatic N) is 3. The second kappa shape index (κ2) is 6.28. The second-order valence-corrected chi connectivity index (χ2v) is 6.04. The van der Waals surface area contributed by atoms with Gasteiger partial charge in [-0.1, -0.05) is 12.1 Å². The van der Waals surface area contributed by atoms with Crippen LogP contribution >= 0.6 is 0 Å². The van der Waals surface area contributed by atoms with Gasteiger partial charge in [-0.25, -0.2) is 0 Å². The zero-order valence-corrected chi connectivity index (χ0v) is 12.3. The van der Waals surface area contributed by atoms with Crippen molar-refractivity contribution in [3.05, 3.63) is 35.4 Å². The van der Waals surface area contributed by atoms with E-state index in [1.54, 1.807) is 0 Å². The largest absolute Gasteiger partial charge is 0.341 e. The first-order chi connectivity index (χ1) is 10.3. The highest BCUT2D eigenvalue weighted by Gasteiger charge is 2.33. The third kappa shape index (κ3) is 3.62. The smallest absolute Gasteiger partial charge is 0.225 e. The summed E-state index contributed by atoms with van der Waals surface area (Å²) in [5.41, 5.74) is 1.89. The highest BCUT2D eigenvalue weighted by molar-refractivity contribution is 5.81. The third-order valence-corrected chi connectivity index (χ3v) is 4.29. The van der Waals surface area contributed by atoms with E-state index in [2.05, 4.69) is 17.0 Å².